The molecule has 0 radical (unpaired) electrons. The highest BCUT2D eigenvalue weighted by molar-refractivity contribution is 7.85. The van der Waals surface area contributed by atoms with E-state index in [1.807, 2.05) is 0 Å². The highest BCUT2D eigenvalue weighted by Gasteiger charge is 1.81. The van der Waals surface area contributed by atoms with Gasteiger partial charge in [-0.15, -0.1) is 0 Å². The smallest absolute Gasteiger partial charge is 1.00 e. The van der Waals surface area contributed by atoms with Gasteiger partial charge in [-0.05, 0) is 0 Å². The van der Waals surface area contributed by atoms with Crippen molar-refractivity contribution in [2.45, 2.75) is 0 Å². The minimum Gasteiger partial charge on any atom is -1.00 e. The van der Waals surface area contributed by atoms with E-state index >= 15 is 0 Å². The molecule has 5 heteroatoms. The predicted molar refractivity (Wildman–Crippen MR) is 18.6 cm³/mol. The molecule has 3 nitrogen and oxygen atoms in total. The third kappa shape index (κ3) is 1080. The Morgan fingerprint density at radius 2 is 1.67 bits per heavy atom. The molecule has 1 N–H and O–H groups in total. The molecule has 0 aromatic rings. The van der Waals surface area contributed by atoms with Crippen molar-refractivity contribution >= 4 is 10.1 Å². The van der Waals surface area contributed by atoms with E-state index in [4.69, 9.17) is 4.55 Å². The van der Waals surface area contributed by atoms with Crippen LogP contribution in [0.15, 0.2) is 0 Å². The van der Waals surface area contributed by atoms with Crippen LogP contribution in [-0.4, -0.2) is 19.2 Å². The fraction of sp³-hybridized carbons (Fsp3) is 1.00. The molecular formula is CH5ClO3S. The van der Waals surface area contributed by atoms with E-state index in [1.54, 1.807) is 0 Å². The van der Waals surface area contributed by atoms with Crippen molar-refractivity contribution in [1.82, 2.24) is 0 Å². The zero-order chi connectivity index (χ0) is 4.50. The molecule has 0 rings (SSSR count). The Kier molecular flexibility index (Phi) is 3.78. The third-order valence-corrected chi connectivity index (χ3v) is 0. The van der Waals surface area contributed by atoms with Crippen molar-refractivity contribution in [3.05, 3.63) is 0 Å². The maximum absolute atomic E-state index is 9.19. The van der Waals surface area contributed by atoms with E-state index in [2.05, 4.69) is 0 Å². The number of hydrogen-bond donors (Lipinski definition) is 1. The highest BCUT2D eigenvalue weighted by Crippen LogP contribution is 1.60. The molecule has 0 atom stereocenters. The summed E-state index contributed by atoms with van der Waals surface area (Å²) < 4.78 is 25.9. The van der Waals surface area contributed by atoms with E-state index in [0.717, 1.165) is 0 Å². The van der Waals surface area contributed by atoms with Gasteiger partial charge in [0.15, 0.2) is 0 Å². The van der Waals surface area contributed by atoms with Crippen LogP contribution in [-0.2, 0) is 10.1 Å². The van der Waals surface area contributed by atoms with Crippen molar-refractivity contribution in [2.24, 2.45) is 0 Å². The second kappa shape index (κ2) is 2.39. The first-order valence-electron chi connectivity index (χ1n) is 0.924. The van der Waals surface area contributed by atoms with Crippen LogP contribution < -0.4 is 12.4 Å². The summed E-state index contributed by atoms with van der Waals surface area (Å²) in [5.74, 6) is 0. The van der Waals surface area contributed by atoms with Crippen LogP contribution in [0.3, 0.4) is 0 Å². The van der Waals surface area contributed by atoms with Crippen LogP contribution in [0.4, 0.5) is 0 Å². The van der Waals surface area contributed by atoms with Gasteiger partial charge in [0.05, 0.1) is 6.26 Å². The molecule has 40 valence electrons. The summed E-state index contributed by atoms with van der Waals surface area (Å²) in [4.78, 5) is 0. The summed E-state index contributed by atoms with van der Waals surface area (Å²) in [5.41, 5.74) is 0. The lowest BCUT2D eigenvalue weighted by molar-refractivity contribution is -0.00000540. The third-order valence-electron chi connectivity index (χ3n) is 0. The molecule has 0 aromatic carbocycles. The van der Waals surface area contributed by atoms with Crippen LogP contribution >= 0.6 is 0 Å². The fourth-order valence-corrected chi connectivity index (χ4v) is 0. The fourth-order valence-electron chi connectivity index (χ4n) is 0. The van der Waals surface area contributed by atoms with Crippen LogP contribution in [0.1, 0.15) is 1.43 Å². The van der Waals surface area contributed by atoms with Crippen molar-refractivity contribution < 1.29 is 26.8 Å². The molecule has 0 amide bonds. The topological polar surface area (TPSA) is 54.4 Å². The molecular weight excluding hydrogens is 128 g/mol. The first-order valence-corrected chi connectivity index (χ1v) is 2.77. The zero-order valence-corrected chi connectivity index (χ0v) is 4.62. The molecule has 0 saturated heterocycles. The summed E-state index contributed by atoms with van der Waals surface area (Å²) in [7, 11) is -3.67. The van der Waals surface area contributed by atoms with Gasteiger partial charge >= 0.3 is 1.43 Å². The standard InChI is InChI=1S/CH4O3S.ClH/c1-5(2,3)4;/h1H3,(H,2,3,4);1H. The van der Waals surface area contributed by atoms with Crippen molar-refractivity contribution in [3.63, 3.8) is 0 Å². The minimum atomic E-state index is -3.67. The number of halogens is 1. The summed E-state index contributed by atoms with van der Waals surface area (Å²) in [5, 5.41) is 0. The van der Waals surface area contributed by atoms with Gasteiger partial charge in [-0.3, -0.25) is 4.55 Å². The number of hydrogen-bond acceptors (Lipinski definition) is 2. The molecule has 0 saturated carbocycles. The average molecular weight is 133 g/mol. The lowest BCUT2D eigenvalue weighted by Crippen LogP contribution is -3.00. The van der Waals surface area contributed by atoms with E-state index in [1.165, 1.54) is 0 Å². The molecule has 0 aliphatic rings. The van der Waals surface area contributed by atoms with E-state index in [0.29, 0.717) is 6.26 Å². The van der Waals surface area contributed by atoms with Gasteiger partial charge in [0, 0.05) is 0 Å². The molecule has 6 heavy (non-hydrogen) atoms. The molecule has 0 aromatic heterocycles. The second-order valence-corrected chi connectivity index (χ2v) is 2.20. The Morgan fingerprint density at radius 3 is 1.67 bits per heavy atom. The Balaban J connectivity index is -0.0000000800. The minimum absolute atomic E-state index is 0. The van der Waals surface area contributed by atoms with E-state index in [9.17, 15) is 8.42 Å². The lowest BCUT2D eigenvalue weighted by atomic mass is 12.0. The van der Waals surface area contributed by atoms with Gasteiger partial charge in [0.2, 0.25) is 0 Å². The lowest BCUT2D eigenvalue weighted by Gasteiger charge is -1.69. The van der Waals surface area contributed by atoms with Crippen LogP contribution in [0.5, 0.6) is 0 Å². The summed E-state index contributed by atoms with van der Waals surface area (Å²) >= 11 is 0. The Hall–Kier alpha value is 0.200. The molecule has 0 unspecified atom stereocenters. The summed E-state index contributed by atoms with van der Waals surface area (Å²) in [6, 6.07) is 0. The van der Waals surface area contributed by atoms with Gasteiger partial charge in [-0.2, -0.15) is 8.42 Å². The SMILES string of the molecule is CS(=O)(=O)O.[Cl-].[H+]. The van der Waals surface area contributed by atoms with Crippen molar-refractivity contribution in [2.75, 3.05) is 6.26 Å². The monoisotopic (exact) mass is 132 g/mol. The first-order chi connectivity index (χ1) is 2.00. The molecule has 0 bridgehead atoms. The maximum atomic E-state index is 9.19. The summed E-state index contributed by atoms with van der Waals surface area (Å²) in [6.07, 6.45) is 0.715. The van der Waals surface area contributed by atoms with Crippen LogP contribution in [0.25, 0.3) is 0 Å². The van der Waals surface area contributed by atoms with Crippen molar-refractivity contribution in [1.29, 1.82) is 0 Å². The molecule has 0 heterocycles. The van der Waals surface area contributed by atoms with Crippen molar-refractivity contribution in [3.8, 4) is 0 Å². The Morgan fingerprint density at radius 1 is 1.67 bits per heavy atom. The van der Waals surface area contributed by atoms with E-state index < -0.39 is 10.1 Å². The van der Waals surface area contributed by atoms with Gasteiger partial charge in [-0.25, -0.2) is 0 Å². The highest BCUT2D eigenvalue weighted by atomic mass is 35.5. The average Bonchev–Trinajstić information content (AvgIpc) is 0.722. The molecule has 0 spiro atoms. The molecule has 0 aliphatic carbocycles. The van der Waals surface area contributed by atoms with Gasteiger partial charge in [-0.1, -0.05) is 0 Å². The van der Waals surface area contributed by atoms with E-state index in [-0.39, 0.29) is 13.8 Å². The van der Waals surface area contributed by atoms with Gasteiger partial charge in [0.1, 0.15) is 0 Å². The Bertz CT molecular complexity index is 98.1. The maximum Gasteiger partial charge on any atom is 1.00 e. The van der Waals surface area contributed by atoms with Crippen LogP contribution in [0.2, 0.25) is 0 Å². The second-order valence-electron chi connectivity index (χ2n) is 0.733. The number of rotatable bonds is 0. The zero-order valence-electron chi connectivity index (χ0n) is 4.05. The first kappa shape index (κ1) is 9.50. The normalized spacial score (nSPS) is 9.67. The molecule has 0 fully saturated rings. The Labute approximate surface area is 44.0 Å². The quantitative estimate of drug-likeness (QED) is 0.350. The predicted octanol–water partition coefficient (Wildman–Crippen LogP) is -3.38. The summed E-state index contributed by atoms with van der Waals surface area (Å²) in [6.45, 7) is 0. The van der Waals surface area contributed by atoms with Gasteiger partial charge in [0.25, 0.3) is 10.1 Å². The largest absolute Gasteiger partial charge is 1.00 e. The molecule has 0 aliphatic heterocycles. The van der Waals surface area contributed by atoms with Crippen LogP contribution in [0, 0.1) is 0 Å². The van der Waals surface area contributed by atoms with Gasteiger partial charge < -0.3 is 12.4 Å².